The second-order valence-electron chi connectivity index (χ2n) is 2.72. The Bertz CT molecular complexity index is 306. The van der Waals surface area contributed by atoms with E-state index >= 15 is 0 Å². The second-order valence-corrected chi connectivity index (χ2v) is 3.00. The van der Waals surface area contributed by atoms with Crippen molar-refractivity contribution in [3.63, 3.8) is 0 Å². The van der Waals surface area contributed by atoms with Crippen LogP contribution in [-0.2, 0) is 17.5 Å². The van der Waals surface area contributed by atoms with Gasteiger partial charge in [0.1, 0.15) is 0 Å². The summed E-state index contributed by atoms with van der Waals surface area (Å²) in [6, 6.07) is 10.1. The monoisotopic (exact) mass is 188 g/mol. The van der Waals surface area contributed by atoms with Crippen LogP contribution < -0.4 is 0 Å². The Labute approximate surface area is 81.7 Å². The summed E-state index contributed by atoms with van der Waals surface area (Å²) in [6.45, 7) is 0.540. The molecule has 0 atom stereocenters. The number of rotatable bonds is 4. The van der Waals surface area contributed by atoms with Crippen molar-refractivity contribution in [2.24, 2.45) is 0 Å². The van der Waals surface area contributed by atoms with Crippen molar-refractivity contribution in [3.8, 4) is 6.07 Å². The number of hydrogen-bond donors (Lipinski definition) is 0. The molecule has 0 heterocycles. The number of nitrogens with zero attached hydrogens (tertiary/aromatic N) is 1. The summed E-state index contributed by atoms with van der Waals surface area (Å²) in [5.74, 6) is 0. The molecule has 0 saturated carbocycles. The highest BCUT2D eigenvalue weighted by Crippen LogP contribution is 2.11. The van der Waals surface area contributed by atoms with E-state index in [0.29, 0.717) is 13.0 Å². The van der Waals surface area contributed by atoms with E-state index in [-0.39, 0.29) is 0 Å². The highest BCUT2D eigenvalue weighted by Gasteiger charge is 1.99. The predicted octanol–water partition coefficient (Wildman–Crippen LogP) is 1.74. The summed E-state index contributed by atoms with van der Waals surface area (Å²) in [4.78, 5) is 0. The fourth-order valence-electron chi connectivity index (χ4n) is 1.21. The topological polar surface area (TPSA) is 33.0 Å². The lowest BCUT2D eigenvalue weighted by Crippen LogP contribution is -1.95. The van der Waals surface area contributed by atoms with E-state index in [1.165, 1.54) is 5.56 Å². The van der Waals surface area contributed by atoms with Crippen molar-refractivity contribution in [2.45, 2.75) is 19.4 Å². The van der Waals surface area contributed by atoms with Crippen LogP contribution in [0, 0.1) is 11.3 Å². The SMILES string of the molecule is N#CCCc1ccccc1CO[Si]. The fourth-order valence-corrected chi connectivity index (χ4v) is 1.37. The maximum atomic E-state index is 8.46. The lowest BCUT2D eigenvalue weighted by molar-refractivity contribution is 0.337. The van der Waals surface area contributed by atoms with E-state index in [9.17, 15) is 0 Å². The molecule has 0 amide bonds. The minimum atomic E-state index is 0.540. The third-order valence-electron chi connectivity index (χ3n) is 1.85. The molecule has 0 aliphatic carbocycles. The molecule has 0 aromatic heterocycles. The van der Waals surface area contributed by atoms with Crippen molar-refractivity contribution < 1.29 is 4.43 Å². The third-order valence-corrected chi connectivity index (χ3v) is 2.00. The quantitative estimate of drug-likeness (QED) is 0.674. The van der Waals surface area contributed by atoms with Crippen molar-refractivity contribution in [1.29, 1.82) is 5.26 Å². The Morgan fingerprint density at radius 2 is 2.00 bits per heavy atom. The smallest absolute Gasteiger partial charge is 0.246 e. The third kappa shape index (κ3) is 3.02. The first-order valence-electron chi connectivity index (χ1n) is 4.10. The van der Waals surface area contributed by atoms with Gasteiger partial charge in [-0.25, -0.2) is 0 Å². The molecule has 3 heteroatoms. The van der Waals surface area contributed by atoms with Crippen LogP contribution in [0.3, 0.4) is 0 Å². The summed E-state index contributed by atoms with van der Waals surface area (Å²) in [7, 11) is 2.97. The Balaban J connectivity index is 2.73. The van der Waals surface area contributed by atoms with Gasteiger partial charge in [-0.1, -0.05) is 24.3 Å². The normalized spacial score (nSPS) is 9.54. The Kier molecular flexibility index (Phi) is 4.23. The van der Waals surface area contributed by atoms with Gasteiger partial charge in [-0.15, -0.1) is 0 Å². The molecule has 1 aromatic carbocycles. The molecule has 0 bridgehead atoms. The Hall–Kier alpha value is -1.11. The molecule has 0 aliphatic rings. The van der Waals surface area contributed by atoms with Gasteiger partial charge in [0.15, 0.2) is 0 Å². The van der Waals surface area contributed by atoms with Crippen LogP contribution in [0.5, 0.6) is 0 Å². The second kappa shape index (κ2) is 5.52. The Morgan fingerprint density at radius 3 is 2.62 bits per heavy atom. The van der Waals surface area contributed by atoms with E-state index in [1.54, 1.807) is 0 Å². The van der Waals surface area contributed by atoms with E-state index in [1.807, 2.05) is 24.3 Å². The van der Waals surface area contributed by atoms with Crippen LogP contribution in [0.2, 0.25) is 0 Å². The van der Waals surface area contributed by atoms with E-state index in [2.05, 4.69) is 16.6 Å². The summed E-state index contributed by atoms with van der Waals surface area (Å²) in [5.41, 5.74) is 2.31. The van der Waals surface area contributed by atoms with E-state index in [4.69, 9.17) is 9.69 Å². The first-order valence-corrected chi connectivity index (χ1v) is 4.51. The molecule has 0 fully saturated rings. The van der Waals surface area contributed by atoms with Gasteiger partial charge in [0.2, 0.25) is 10.5 Å². The molecule has 0 spiro atoms. The fraction of sp³-hybridized carbons (Fsp3) is 0.300. The van der Waals surface area contributed by atoms with Crippen LogP contribution in [0.1, 0.15) is 17.5 Å². The lowest BCUT2D eigenvalue weighted by Gasteiger charge is -2.06. The molecular weight excluding hydrogens is 178 g/mol. The molecule has 13 heavy (non-hydrogen) atoms. The largest absolute Gasteiger partial charge is 0.414 e. The van der Waals surface area contributed by atoms with Gasteiger partial charge in [0.05, 0.1) is 12.7 Å². The highest BCUT2D eigenvalue weighted by atomic mass is 28.2. The van der Waals surface area contributed by atoms with Crippen molar-refractivity contribution >= 4 is 10.5 Å². The van der Waals surface area contributed by atoms with Crippen LogP contribution >= 0.6 is 0 Å². The van der Waals surface area contributed by atoms with Gasteiger partial charge in [-0.2, -0.15) is 5.26 Å². The zero-order chi connectivity index (χ0) is 9.52. The summed E-state index contributed by atoms with van der Waals surface area (Å²) in [5, 5.41) is 8.46. The van der Waals surface area contributed by atoms with Gasteiger partial charge in [-0.3, -0.25) is 0 Å². The summed E-state index contributed by atoms with van der Waals surface area (Å²) < 4.78 is 4.87. The van der Waals surface area contributed by atoms with Crippen LogP contribution in [0.4, 0.5) is 0 Å². The molecule has 0 aliphatic heterocycles. The lowest BCUT2D eigenvalue weighted by atomic mass is 10.0. The van der Waals surface area contributed by atoms with Crippen LogP contribution in [0.25, 0.3) is 0 Å². The van der Waals surface area contributed by atoms with Crippen molar-refractivity contribution in [3.05, 3.63) is 35.4 Å². The predicted molar refractivity (Wildman–Crippen MR) is 50.9 cm³/mol. The van der Waals surface area contributed by atoms with Gasteiger partial charge >= 0.3 is 0 Å². The van der Waals surface area contributed by atoms with Crippen LogP contribution in [0.15, 0.2) is 24.3 Å². The zero-order valence-electron chi connectivity index (χ0n) is 7.29. The number of aryl methyl sites for hydroxylation is 1. The number of hydrogen-bond acceptors (Lipinski definition) is 2. The molecule has 1 rings (SSSR count). The van der Waals surface area contributed by atoms with Crippen molar-refractivity contribution in [2.75, 3.05) is 0 Å². The zero-order valence-corrected chi connectivity index (χ0v) is 8.29. The molecule has 2 nitrogen and oxygen atoms in total. The number of benzene rings is 1. The van der Waals surface area contributed by atoms with E-state index < -0.39 is 0 Å². The summed E-state index contributed by atoms with van der Waals surface area (Å²) in [6.07, 6.45) is 1.35. The minimum Gasteiger partial charge on any atom is -0.414 e. The minimum absolute atomic E-state index is 0.540. The first-order chi connectivity index (χ1) is 6.38. The van der Waals surface area contributed by atoms with Crippen LogP contribution in [-0.4, -0.2) is 10.5 Å². The molecule has 1 aromatic rings. The maximum absolute atomic E-state index is 8.46. The van der Waals surface area contributed by atoms with Crippen molar-refractivity contribution in [1.82, 2.24) is 0 Å². The molecule has 0 unspecified atom stereocenters. The molecule has 0 N–H and O–H groups in total. The average Bonchev–Trinajstić information content (AvgIpc) is 2.17. The highest BCUT2D eigenvalue weighted by molar-refractivity contribution is 5.97. The molecular formula is C10H10NOSi. The molecule has 0 saturated heterocycles. The average molecular weight is 188 g/mol. The van der Waals surface area contributed by atoms with Gasteiger partial charge in [0, 0.05) is 6.42 Å². The maximum Gasteiger partial charge on any atom is 0.246 e. The van der Waals surface area contributed by atoms with Gasteiger partial charge in [-0.05, 0) is 17.5 Å². The molecule has 65 valence electrons. The standard InChI is InChI=1S/C10H10NOSi/c11-7-3-6-9-4-1-2-5-10(9)8-12-13/h1-2,4-5H,3,6,8H2. The number of nitriles is 1. The van der Waals surface area contributed by atoms with E-state index in [0.717, 1.165) is 12.0 Å². The van der Waals surface area contributed by atoms with Gasteiger partial charge in [0.25, 0.3) is 0 Å². The first kappa shape index (κ1) is 9.97. The molecule has 3 radical (unpaired) electrons. The van der Waals surface area contributed by atoms with Gasteiger partial charge < -0.3 is 4.43 Å². The summed E-state index contributed by atoms with van der Waals surface area (Å²) >= 11 is 0. The Morgan fingerprint density at radius 1 is 1.31 bits per heavy atom.